The van der Waals surface area contributed by atoms with E-state index in [4.69, 9.17) is 4.74 Å². The number of benzene rings is 2. The van der Waals surface area contributed by atoms with E-state index < -0.39 is 5.97 Å². The number of carbonyl (C=O) groups is 2. The number of para-hydroxylation sites is 1. The number of fused-ring (bicyclic) bond motifs is 2. The van der Waals surface area contributed by atoms with Crippen molar-refractivity contribution in [2.45, 2.75) is 25.7 Å². The number of hydrogen-bond donors (Lipinski definition) is 1. The minimum atomic E-state index is -0.677. The molecule has 1 aromatic heterocycles. The Hall–Kier alpha value is -3.21. The number of aromatic nitrogens is 1. The zero-order valence-electron chi connectivity index (χ0n) is 14.8. The van der Waals surface area contributed by atoms with E-state index in [0.29, 0.717) is 16.5 Å². The number of aromatic amines is 1. The number of ether oxygens (including phenoxy) is 1. The van der Waals surface area contributed by atoms with Gasteiger partial charge in [0, 0.05) is 22.5 Å². The quantitative estimate of drug-likeness (QED) is 0.570. The van der Waals surface area contributed by atoms with Gasteiger partial charge in [0.05, 0.1) is 5.56 Å². The lowest BCUT2D eigenvalue weighted by atomic mass is 9.90. The number of carbonyl (C=O) groups excluding carboxylic acids is 2. The summed E-state index contributed by atoms with van der Waals surface area (Å²) < 4.78 is 5.21. The highest BCUT2D eigenvalue weighted by Crippen LogP contribution is 2.22. The van der Waals surface area contributed by atoms with Crippen molar-refractivity contribution in [3.63, 3.8) is 0 Å². The van der Waals surface area contributed by atoms with Gasteiger partial charge in [0.25, 0.3) is 0 Å². The van der Waals surface area contributed by atoms with Gasteiger partial charge in [-0.15, -0.1) is 0 Å². The second-order valence-electron chi connectivity index (χ2n) is 6.78. The lowest BCUT2D eigenvalue weighted by Gasteiger charge is -2.16. The first-order chi connectivity index (χ1) is 13.1. The molecule has 0 amide bonds. The number of aryl methyl sites for hydroxylation is 2. The number of nitrogens with one attached hydrogen (secondary N) is 1. The van der Waals surface area contributed by atoms with Gasteiger partial charge < -0.3 is 9.72 Å². The zero-order chi connectivity index (χ0) is 18.8. The fourth-order valence-corrected chi connectivity index (χ4v) is 3.57. The Balaban J connectivity index is 1.51. The Labute approximate surface area is 156 Å². The lowest BCUT2D eigenvalue weighted by Crippen LogP contribution is -2.17. The molecule has 0 fully saturated rings. The number of hydrogen-bond acceptors (Lipinski definition) is 4. The Morgan fingerprint density at radius 3 is 2.59 bits per heavy atom. The van der Waals surface area contributed by atoms with Crippen LogP contribution >= 0.6 is 0 Å². The number of esters is 1. The second-order valence-corrected chi connectivity index (χ2v) is 6.78. The first-order valence-electron chi connectivity index (χ1n) is 9.06. The molecule has 0 atom stereocenters. The number of rotatable bonds is 4. The van der Waals surface area contributed by atoms with Crippen LogP contribution in [-0.2, 0) is 17.6 Å². The monoisotopic (exact) mass is 361 g/mol. The predicted octanol–water partition coefficient (Wildman–Crippen LogP) is 3.45. The van der Waals surface area contributed by atoms with E-state index >= 15 is 0 Å². The first-order valence-corrected chi connectivity index (χ1v) is 9.06. The van der Waals surface area contributed by atoms with Crippen LogP contribution in [0, 0.1) is 0 Å². The Kier molecular flexibility index (Phi) is 4.59. The third kappa shape index (κ3) is 3.53. The van der Waals surface area contributed by atoms with Crippen LogP contribution in [0.2, 0.25) is 0 Å². The molecular formula is C22H19NO4. The van der Waals surface area contributed by atoms with Crippen LogP contribution in [0.15, 0.2) is 53.3 Å². The highest BCUT2D eigenvalue weighted by Gasteiger charge is 2.17. The molecule has 0 bridgehead atoms. The minimum absolute atomic E-state index is 0.160. The number of pyridine rings is 1. The van der Waals surface area contributed by atoms with Crippen molar-refractivity contribution in [1.82, 2.24) is 4.98 Å². The van der Waals surface area contributed by atoms with E-state index in [1.165, 1.54) is 23.6 Å². The fourth-order valence-electron chi connectivity index (χ4n) is 3.57. The normalized spacial score (nSPS) is 13.2. The maximum absolute atomic E-state index is 12.5. The van der Waals surface area contributed by atoms with Crippen LogP contribution < -0.4 is 5.56 Å². The topological polar surface area (TPSA) is 76.2 Å². The molecule has 5 nitrogen and oxygen atoms in total. The first kappa shape index (κ1) is 17.2. The van der Waals surface area contributed by atoms with Crippen molar-refractivity contribution in [1.29, 1.82) is 0 Å². The van der Waals surface area contributed by atoms with Gasteiger partial charge in [-0.05, 0) is 48.9 Å². The van der Waals surface area contributed by atoms with Crippen LogP contribution in [0.3, 0.4) is 0 Å². The van der Waals surface area contributed by atoms with E-state index in [9.17, 15) is 14.4 Å². The van der Waals surface area contributed by atoms with E-state index in [1.807, 2.05) is 12.1 Å². The summed E-state index contributed by atoms with van der Waals surface area (Å²) in [5.41, 5.74) is 3.38. The molecule has 136 valence electrons. The standard InChI is InChI=1S/C22H19NO4/c24-20(16-10-9-14-5-1-2-6-15(14)11-16)13-27-22(26)18-12-21(25)23-19-8-4-3-7-17(18)19/h3-4,7-12H,1-2,5-6,13H2,(H,23,25). The Morgan fingerprint density at radius 1 is 0.963 bits per heavy atom. The molecule has 0 saturated carbocycles. The van der Waals surface area contributed by atoms with Gasteiger partial charge in [-0.2, -0.15) is 0 Å². The molecule has 0 spiro atoms. The minimum Gasteiger partial charge on any atom is -0.454 e. The second kappa shape index (κ2) is 7.19. The number of Topliss-reactive ketones (excluding diaryl/α,β-unsaturated/α-hetero) is 1. The number of H-pyrrole nitrogens is 1. The average Bonchev–Trinajstić information content (AvgIpc) is 2.70. The van der Waals surface area contributed by atoms with Gasteiger partial charge in [0.2, 0.25) is 5.56 Å². The van der Waals surface area contributed by atoms with Crippen molar-refractivity contribution in [3.05, 3.63) is 81.1 Å². The van der Waals surface area contributed by atoms with Crippen LogP contribution in [-0.4, -0.2) is 23.3 Å². The Morgan fingerprint density at radius 2 is 1.74 bits per heavy atom. The third-order valence-electron chi connectivity index (χ3n) is 4.98. The van der Waals surface area contributed by atoms with Crippen LogP contribution in [0.1, 0.15) is 44.7 Å². The predicted molar refractivity (Wildman–Crippen MR) is 102 cm³/mol. The molecule has 0 unspecified atom stereocenters. The van der Waals surface area contributed by atoms with Crippen molar-refractivity contribution < 1.29 is 14.3 Å². The SMILES string of the molecule is O=C(COC(=O)c1cc(=O)[nH]c2ccccc12)c1ccc2c(c1)CCCC2. The molecular weight excluding hydrogens is 342 g/mol. The van der Waals surface area contributed by atoms with E-state index in [2.05, 4.69) is 4.98 Å². The maximum atomic E-state index is 12.5. The van der Waals surface area contributed by atoms with Gasteiger partial charge in [0.15, 0.2) is 12.4 Å². The molecule has 5 heteroatoms. The summed E-state index contributed by atoms with van der Waals surface area (Å²) >= 11 is 0. The van der Waals surface area contributed by atoms with E-state index in [-0.39, 0.29) is 23.5 Å². The summed E-state index contributed by atoms with van der Waals surface area (Å²) in [5, 5.41) is 0.586. The molecule has 2 aromatic carbocycles. The summed E-state index contributed by atoms with van der Waals surface area (Å²) in [6.07, 6.45) is 4.35. The van der Waals surface area contributed by atoms with Gasteiger partial charge in [-0.25, -0.2) is 4.79 Å². The van der Waals surface area contributed by atoms with Gasteiger partial charge in [0.1, 0.15) is 0 Å². The molecule has 0 aliphatic heterocycles. The smallest absolute Gasteiger partial charge is 0.339 e. The van der Waals surface area contributed by atoms with Crippen molar-refractivity contribution in [2.24, 2.45) is 0 Å². The molecule has 27 heavy (non-hydrogen) atoms. The maximum Gasteiger partial charge on any atom is 0.339 e. The summed E-state index contributed by atoms with van der Waals surface area (Å²) in [6.45, 7) is -0.348. The highest BCUT2D eigenvalue weighted by atomic mass is 16.5. The molecule has 0 radical (unpaired) electrons. The van der Waals surface area contributed by atoms with Crippen molar-refractivity contribution >= 4 is 22.7 Å². The Bertz CT molecular complexity index is 1100. The third-order valence-corrected chi connectivity index (χ3v) is 4.98. The molecule has 4 rings (SSSR count). The average molecular weight is 361 g/mol. The molecule has 1 aliphatic rings. The summed E-state index contributed by atoms with van der Waals surface area (Å²) in [7, 11) is 0. The van der Waals surface area contributed by atoms with Gasteiger partial charge >= 0.3 is 5.97 Å². The molecule has 1 aliphatic carbocycles. The van der Waals surface area contributed by atoms with Crippen molar-refractivity contribution in [3.8, 4) is 0 Å². The van der Waals surface area contributed by atoms with E-state index in [0.717, 1.165) is 19.3 Å². The summed E-state index contributed by atoms with van der Waals surface area (Å²) in [4.78, 5) is 39.4. The molecule has 0 saturated heterocycles. The largest absolute Gasteiger partial charge is 0.454 e. The van der Waals surface area contributed by atoms with Gasteiger partial charge in [-0.1, -0.05) is 30.3 Å². The fraction of sp³-hybridized carbons (Fsp3) is 0.227. The lowest BCUT2D eigenvalue weighted by molar-refractivity contribution is 0.0476. The molecule has 1 heterocycles. The summed E-state index contributed by atoms with van der Waals surface area (Å²) in [6, 6.07) is 13.9. The number of ketones is 1. The van der Waals surface area contributed by atoms with Crippen LogP contribution in [0.4, 0.5) is 0 Å². The van der Waals surface area contributed by atoms with E-state index in [1.54, 1.807) is 30.3 Å². The molecule has 1 N–H and O–H groups in total. The highest BCUT2D eigenvalue weighted by molar-refractivity contribution is 6.05. The van der Waals surface area contributed by atoms with Crippen LogP contribution in [0.5, 0.6) is 0 Å². The summed E-state index contributed by atoms with van der Waals surface area (Å²) in [5.74, 6) is -0.922. The van der Waals surface area contributed by atoms with Gasteiger partial charge in [-0.3, -0.25) is 9.59 Å². The van der Waals surface area contributed by atoms with Crippen LogP contribution in [0.25, 0.3) is 10.9 Å². The van der Waals surface area contributed by atoms with Crippen molar-refractivity contribution in [2.75, 3.05) is 6.61 Å². The molecule has 3 aromatic rings. The zero-order valence-corrected chi connectivity index (χ0v) is 14.8.